The number of nitrogens with two attached hydrogens (primary N) is 1. The van der Waals surface area contributed by atoms with E-state index in [0.29, 0.717) is 0 Å². The average molecular weight is 250 g/mol. The Morgan fingerprint density at radius 1 is 1.44 bits per heavy atom. The first-order chi connectivity index (χ1) is 7.09. The van der Waals surface area contributed by atoms with Crippen molar-refractivity contribution < 1.29 is 4.79 Å². The minimum Gasteiger partial charge on any atom is -0.355 e. The van der Waals surface area contributed by atoms with E-state index in [2.05, 4.69) is 10.2 Å². The van der Waals surface area contributed by atoms with Gasteiger partial charge in [0.15, 0.2) is 0 Å². The third-order valence-corrected chi connectivity index (χ3v) is 2.94. The molecular weight excluding hydrogens is 226 g/mol. The van der Waals surface area contributed by atoms with Crippen molar-refractivity contribution in [3.8, 4) is 0 Å². The van der Waals surface area contributed by atoms with Gasteiger partial charge in [-0.15, -0.1) is 12.4 Å². The molecule has 16 heavy (non-hydrogen) atoms. The van der Waals surface area contributed by atoms with E-state index in [-0.39, 0.29) is 30.3 Å². The van der Waals surface area contributed by atoms with E-state index < -0.39 is 0 Å². The van der Waals surface area contributed by atoms with Crippen LogP contribution >= 0.6 is 12.4 Å². The van der Waals surface area contributed by atoms with Gasteiger partial charge in [-0.2, -0.15) is 0 Å². The first-order valence-electron chi connectivity index (χ1n) is 5.77. The van der Waals surface area contributed by atoms with Crippen LogP contribution in [-0.2, 0) is 4.79 Å². The third-order valence-electron chi connectivity index (χ3n) is 2.94. The zero-order valence-electron chi connectivity index (χ0n) is 10.2. The molecule has 2 atom stereocenters. The number of hydrogen-bond acceptors (Lipinski definition) is 3. The molecule has 0 aromatic heterocycles. The van der Waals surface area contributed by atoms with Crippen molar-refractivity contribution in [3.63, 3.8) is 0 Å². The summed E-state index contributed by atoms with van der Waals surface area (Å²) < 4.78 is 0. The van der Waals surface area contributed by atoms with E-state index in [1.165, 1.54) is 0 Å². The molecule has 0 saturated heterocycles. The van der Waals surface area contributed by atoms with Crippen LogP contribution in [0.15, 0.2) is 0 Å². The summed E-state index contributed by atoms with van der Waals surface area (Å²) in [5, 5.41) is 2.97. The summed E-state index contributed by atoms with van der Waals surface area (Å²) in [6, 6.07) is 0.225. The number of hydrogen-bond donors (Lipinski definition) is 2. The lowest BCUT2D eigenvalue weighted by Gasteiger charge is -2.25. The highest BCUT2D eigenvalue weighted by Crippen LogP contribution is 2.22. The summed E-state index contributed by atoms with van der Waals surface area (Å²) >= 11 is 0. The Kier molecular flexibility index (Phi) is 7.72. The molecule has 1 aliphatic rings. The van der Waals surface area contributed by atoms with Crippen molar-refractivity contribution in [1.29, 1.82) is 0 Å². The summed E-state index contributed by atoms with van der Waals surface area (Å²) in [4.78, 5) is 13.8. The quantitative estimate of drug-likeness (QED) is 0.767. The van der Waals surface area contributed by atoms with Gasteiger partial charge in [0.1, 0.15) is 0 Å². The van der Waals surface area contributed by atoms with Gasteiger partial charge in [-0.1, -0.05) is 6.42 Å². The molecule has 0 spiro atoms. The smallest absolute Gasteiger partial charge is 0.223 e. The molecule has 96 valence electrons. The van der Waals surface area contributed by atoms with Crippen molar-refractivity contribution in [2.45, 2.75) is 31.7 Å². The van der Waals surface area contributed by atoms with Gasteiger partial charge in [0.05, 0.1) is 0 Å². The molecule has 1 saturated carbocycles. The largest absolute Gasteiger partial charge is 0.355 e. The number of carbonyl (C=O) groups excluding carboxylic acids is 1. The molecule has 0 aromatic carbocycles. The predicted octanol–water partition coefficient (Wildman–Crippen LogP) is 0.603. The molecular formula is C11H24ClN3O. The van der Waals surface area contributed by atoms with E-state index >= 15 is 0 Å². The highest BCUT2D eigenvalue weighted by molar-refractivity contribution is 5.85. The first-order valence-corrected chi connectivity index (χ1v) is 5.77. The van der Waals surface area contributed by atoms with E-state index in [9.17, 15) is 4.79 Å². The summed E-state index contributed by atoms with van der Waals surface area (Å²) in [5.41, 5.74) is 5.85. The van der Waals surface area contributed by atoms with Gasteiger partial charge < -0.3 is 16.0 Å². The molecule has 5 heteroatoms. The number of nitrogens with zero attached hydrogens (tertiary/aromatic N) is 1. The Morgan fingerprint density at radius 3 is 2.69 bits per heavy atom. The zero-order valence-corrected chi connectivity index (χ0v) is 11.1. The van der Waals surface area contributed by atoms with Crippen LogP contribution in [0.2, 0.25) is 0 Å². The molecule has 1 amide bonds. The van der Waals surface area contributed by atoms with E-state index in [1.807, 2.05) is 14.1 Å². The summed E-state index contributed by atoms with van der Waals surface area (Å²) in [7, 11) is 4.01. The van der Waals surface area contributed by atoms with Gasteiger partial charge in [-0.05, 0) is 33.4 Å². The zero-order chi connectivity index (χ0) is 11.3. The maximum atomic E-state index is 11.7. The highest BCUT2D eigenvalue weighted by Gasteiger charge is 2.24. The first kappa shape index (κ1) is 15.7. The van der Waals surface area contributed by atoms with Gasteiger partial charge in [0, 0.05) is 25.0 Å². The van der Waals surface area contributed by atoms with E-state index in [0.717, 1.165) is 38.8 Å². The number of carbonyl (C=O) groups is 1. The monoisotopic (exact) mass is 249 g/mol. The van der Waals surface area contributed by atoms with Crippen LogP contribution in [0.25, 0.3) is 0 Å². The lowest BCUT2D eigenvalue weighted by molar-refractivity contribution is -0.126. The number of likely N-dealkylation sites (N-methyl/N-ethyl adjacent to an activating group) is 1. The van der Waals surface area contributed by atoms with Crippen molar-refractivity contribution in [3.05, 3.63) is 0 Å². The molecule has 0 aromatic rings. The number of halogens is 1. The molecule has 1 rings (SSSR count). The Morgan fingerprint density at radius 2 is 2.12 bits per heavy atom. The molecule has 1 fully saturated rings. The maximum absolute atomic E-state index is 11.7. The molecule has 1 aliphatic carbocycles. The summed E-state index contributed by atoms with van der Waals surface area (Å²) in [5.74, 6) is 0.336. The van der Waals surface area contributed by atoms with Crippen LogP contribution in [0.5, 0.6) is 0 Å². The van der Waals surface area contributed by atoms with Gasteiger partial charge in [-0.3, -0.25) is 4.79 Å². The van der Waals surface area contributed by atoms with Crippen molar-refractivity contribution in [1.82, 2.24) is 10.2 Å². The summed E-state index contributed by atoms with van der Waals surface area (Å²) in [6.45, 7) is 1.63. The second-order valence-corrected chi connectivity index (χ2v) is 4.72. The van der Waals surface area contributed by atoms with E-state index in [1.54, 1.807) is 0 Å². The van der Waals surface area contributed by atoms with Gasteiger partial charge in [0.25, 0.3) is 0 Å². The van der Waals surface area contributed by atoms with Crippen LogP contribution in [0.4, 0.5) is 0 Å². The van der Waals surface area contributed by atoms with Crippen molar-refractivity contribution in [2.24, 2.45) is 11.7 Å². The van der Waals surface area contributed by atoms with Crippen LogP contribution < -0.4 is 11.1 Å². The Labute approximate surface area is 104 Å². The van der Waals surface area contributed by atoms with Crippen molar-refractivity contribution in [2.75, 3.05) is 27.2 Å². The van der Waals surface area contributed by atoms with Gasteiger partial charge >= 0.3 is 0 Å². The molecule has 0 heterocycles. The van der Waals surface area contributed by atoms with Crippen LogP contribution in [0, 0.1) is 5.92 Å². The fourth-order valence-corrected chi connectivity index (χ4v) is 2.01. The normalized spacial score (nSPS) is 25.0. The molecule has 0 bridgehead atoms. The fraction of sp³-hybridized carbons (Fsp3) is 0.909. The average Bonchev–Trinajstić information content (AvgIpc) is 2.17. The highest BCUT2D eigenvalue weighted by atomic mass is 35.5. The standard InChI is InChI=1S/C11H23N3O.ClH/c1-14(2)7-6-13-11(15)9-4-3-5-10(12)8-9;/h9-10H,3-8,12H2,1-2H3,(H,13,15);1H. The number of rotatable bonds is 4. The second kappa shape index (κ2) is 7.87. The molecule has 2 unspecified atom stereocenters. The lowest BCUT2D eigenvalue weighted by Crippen LogP contribution is -2.39. The molecule has 3 N–H and O–H groups in total. The Balaban J connectivity index is 0.00000225. The second-order valence-electron chi connectivity index (χ2n) is 4.72. The number of amides is 1. The molecule has 0 aliphatic heterocycles. The maximum Gasteiger partial charge on any atom is 0.223 e. The number of nitrogens with one attached hydrogen (secondary N) is 1. The van der Waals surface area contributed by atoms with Gasteiger partial charge in [0.2, 0.25) is 5.91 Å². The summed E-state index contributed by atoms with van der Waals surface area (Å²) in [6.07, 6.45) is 4.02. The van der Waals surface area contributed by atoms with Gasteiger partial charge in [-0.25, -0.2) is 0 Å². The van der Waals surface area contributed by atoms with Crippen LogP contribution in [0.1, 0.15) is 25.7 Å². The topological polar surface area (TPSA) is 58.4 Å². The van der Waals surface area contributed by atoms with E-state index in [4.69, 9.17) is 5.73 Å². The third kappa shape index (κ3) is 5.68. The SMILES string of the molecule is CN(C)CCNC(=O)C1CCCC(N)C1.Cl. The predicted molar refractivity (Wildman–Crippen MR) is 68.7 cm³/mol. The Bertz CT molecular complexity index is 211. The van der Waals surface area contributed by atoms with Crippen LogP contribution in [0.3, 0.4) is 0 Å². The van der Waals surface area contributed by atoms with Crippen molar-refractivity contribution >= 4 is 18.3 Å². The van der Waals surface area contributed by atoms with Crippen LogP contribution in [-0.4, -0.2) is 44.0 Å². The fourth-order valence-electron chi connectivity index (χ4n) is 2.01. The minimum atomic E-state index is 0. The lowest BCUT2D eigenvalue weighted by atomic mass is 9.85. The molecule has 4 nitrogen and oxygen atoms in total. The Hall–Kier alpha value is -0.320. The molecule has 0 radical (unpaired) electrons. The minimum absolute atomic E-state index is 0.